The Bertz CT molecular complexity index is 1820. The fourth-order valence-electron chi connectivity index (χ4n) is 7.17. The highest BCUT2D eigenvalue weighted by Crippen LogP contribution is 2.34. The summed E-state index contributed by atoms with van der Waals surface area (Å²) in [5, 5.41) is 170. The molecule has 5 aliphatic rings. The van der Waals surface area contributed by atoms with Crippen LogP contribution in [0.25, 0.3) is 0 Å². The fraction of sp³-hybridized carbons (Fsp3) is 0.806. The van der Waals surface area contributed by atoms with E-state index in [0.717, 1.165) is 0 Å². The highest BCUT2D eigenvalue weighted by atomic mass is 16.8. The van der Waals surface area contributed by atoms with Gasteiger partial charge in [-0.05, 0) is 0 Å². The molecule has 5 heterocycles. The second kappa shape index (κ2) is 29.8. The molecule has 0 saturated carbocycles. The summed E-state index contributed by atoms with van der Waals surface area (Å²) in [6, 6.07) is 0. The number of carbonyl (C=O) groups is 7. The Labute approximate surface area is 420 Å². The highest BCUT2D eigenvalue weighted by molar-refractivity contribution is 5.72. The molecule has 0 radical (unpaired) electrons. The molecule has 29 atom stereocenters. The molecule has 5 fully saturated rings. The van der Waals surface area contributed by atoms with Gasteiger partial charge in [-0.2, -0.15) is 0 Å². The van der Waals surface area contributed by atoms with Crippen LogP contribution in [0.5, 0.6) is 0 Å². The number of aliphatic carboxylic acids is 1. The van der Waals surface area contributed by atoms with Crippen molar-refractivity contribution < 1.29 is 197 Å². The van der Waals surface area contributed by atoms with Gasteiger partial charge in [0.05, 0.1) is 0 Å². The number of rotatable bonds is 24. The molecule has 12 unspecified atom stereocenters. The molecule has 0 amide bonds. The van der Waals surface area contributed by atoms with Crippen LogP contribution in [-0.2, 0) is 105 Å². The van der Waals surface area contributed by atoms with Crippen molar-refractivity contribution in [2.24, 2.45) is 0 Å². The molecular formula is C36H54O40. The normalized spacial score (nSPS) is 42.9. The first-order valence-corrected chi connectivity index (χ1v) is 21.0. The van der Waals surface area contributed by atoms with Crippen LogP contribution in [0, 0.1) is 0 Å². The minimum Gasteiger partial charge on any atom is -0.479 e. The average Bonchev–Trinajstić information content (AvgIpc) is 3.37. The first-order valence-electron chi connectivity index (χ1n) is 21.0. The Morgan fingerprint density at radius 1 is 0.382 bits per heavy atom. The van der Waals surface area contributed by atoms with Crippen LogP contribution in [0.2, 0.25) is 0 Å². The summed E-state index contributed by atoms with van der Waals surface area (Å²) in [4.78, 5) is 75.5. The maximum absolute atomic E-state index is 11.0. The monoisotopic (exact) mass is 1130 g/mol. The van der Waals surface area contributed by atoms with Gasteiger partial charge in [-0.25, -0.2) is 4.79 Å². The van der Waals surface area contributed by atoms with E-state index < -0.39 is 185 Å². The minimum atomic E-state index is -2.62. The largest absolute Gasteiger partial charge is 0.479 e. The van der Waals surface area contributed by atoms with Crippen molar-refractivity contribution in [3.8, 4) is 0 Å². The van der Waals surface area contributed by atoms with Gasteiger partial charge in [0.25, 0.3) is 38.8 Å². The molecule has 40 nitrogen and oxygen atoms in total. The van der Waals surface area contributed by atoms with Gasteiger partial charge in [-0.3, -0.25) is 28.8 Å². The van der Waals surface area contributed by atoms with Crippen LogP contribution in [-0.4, -0.2) is 316 Å². The molecule has 5 rings (SSSR count). The summed E-state index contributed by atoms with van der Waals surface area (Å²) in [7, 11) is 0. The van der Waals surface area contributed by atoms with Gasteiger partial charge < -0.3 is 163 Å². The van der Waals surface area contributed by atoms with E-state index in [9.17, 15) is 115 Å². The van der Waals surface area contributed by atoms with Gasteiger partial charge in [0.2, 0.25) is 37.7 Å². The zero-order valence-corrected chi connectivity index (χ0v) is 37.8. The molecule has 19 N–H and O–H groups in total. The van der Waals surface area contributed by atoms with Crippen LogP contribution in [0.4, 0.5) is 0 Å². The quantitative estimate of drug-likeness (QED) is 0.0242. The van der Waals surface area contributed by atoms with E-state index in [2.05, 4.69) is 28.4 Å². The molecule has 0 aromatic rings. The Balaban J connectivity index is 0.000000395. The number of aliphatic hydroxyl groups is 16. The van der Waals surface area contributed by atoms with Gasteiger partial charge in [-0.1, -0.05) is 0 Å². The van der Waals surface area contributed by atoms with Crippen molar-refractivity contribution in [1.82, 2.24) is 0 Å². The minimum absolute atomic E-state index is 0. The lowest BCUT2D eigenvalue weighted by atomic mass is 10.0. The summed E-state index contributed by atoms with van der Waals surface area (Å²) in [6.07, 6.45) is -59.7. The van der Waals surface area contributed by atoms with E-state index in [1.807, 2.05) is 0 Å². The van der Waals surface area contributed by atoms with Crippen molar-refractivity contribution in [1.29, 1.82) is 0 Å². The zero-order valence-electron chi connectivity index (χ0n) is 37.8. The zero-order chi connectivity index (χ0) is 56.2. The van der Waals surface area contributed by atoms with Crippen molar-refractivity contribution in [2.45, 2.75) is 179 Å². The molecule has 0 aromatic heterocycles. The number of hydrogen-bond donors (Lipinski definition) is 17. The Morgan fingerprint density at radius 3 is 1.05 bits per heavy atom. The number of hydrogen-bond acceptors (Lipinski definition) is 38. The molecule has 0 bridgehead atoms. The molecule has 5 aliphatic heterocycles. The third-order valence-corrected chi connectivity index (χ3v) is 11.1. The van der Waals surface area contributed by atoms with Crippen molar-refractivity contribution in [2.75, 3.05) is 0 Å². The van der Waals surface area contributed by atoms with Crippen molar-refractivity contribution >= 4 is 44.8 Å². The maximum atomic E-state index is 11.0. The number of carboxylic acids is 1. The smallest absolute Gasteiger partial charge is 0.335 e. The van der Waals surface area contributed by atoms with Crippen LogP contribution >= 0.6 is 0 Å². The first kappa shape index (κ1) is 65.5. The summed E-state index contributed by atoms with van der Waals surface area (Å²) >= 11 is 0. The topological polar surface area (TPSA) is 633 Å². The third kappa shape index (κ3) is 15.3. The molecule has 0 aliphatic carbocycles. The van der Waals surface area contributed by atoms with Crippen LogP contribution < -0.4 is 0 Å². The molecule has 76 heavy (non-hydrogen) atoms. The standard InChI is InChI=1S/C18H26O20.C18H26O19.H2O/c19-1-32-14(31)11(5(23)7(25)13(29)30)35-17-10(28)6(24)12(18(38-17)34-3-21)36-16-9(27)4(22)8(26)15(37-16)33-2-20;19-1-30-14-8(26)4(22)9(27)15(36-14)34-12-6(24)10(28)16(37-18(12)32-3-21)33-11-5(23)7(25)13(29)35-17(11)31-2-20;/h1-12,14-18,22-28,31H,(H,29,30);1-18,22-29H;1H2/t4?,5?,6?,7?,8-,9?,10+,11-,12-,14-,15+,16+,17+,18?;4?,5?,6?,7?,8-,9?,10+,11-,12-,13+,14+,15+,16+,17+,18?;/m00./s1. The fourth-order valence-corrected chi connectivity index (χ4v) is 7.17. The lowest BCUT2D eigenvalue weighted by Gasteiger charge is -2.46. The van der Waals surface area contributed by atoms with Gasteiger partial charge >= 0.3 is 5.97 Å². The number of aliphatic hydroxyl groups excluding tert-OH is 16. The lowest BCUT2D eigenvalue weighted by Crippen LogP contribution is -2.66. The summed E-state index contributed by atoms with van der Waals surface area (Å²) in [5.74, 6) is -2.00. The molecule has 5 saturated heterocycles. The van der Waals surface area contributed by atoms with Gasteiger partial charge in [-0.15, -0.1) is 0 Å². The Hall–Kier alpha value is -4.75. The van der Waals surface area contributed by atoms with E-state index in [-0.39, 0.29) is 44.3 Å². The molecule has 438 valence electrons. The Morgan fingerprint density at radius 2 is 0.684 bits per heavy atom. The van der Waals surface area contributed by atoms with E-state index >= 15 is 0 Å². The SMILES string of the molecule is O.O=COC1O[C@@H](O[C@@H](C(O)C(O)C(=O)O)[C@@H](O)OC=O)[C@H](O)C(O)[C@@H]1O[C@@H]1O[C@@H](OC=O)[C@@H](O)C(O)C1O.O=COC1O[C@@H](O[C@H]2C(O)C(O)[C@H](O)O[C@H]2OC=O)[C@H](O)C(O)[C@@H]1O[C@@H]1O[C@@H](OC=O)[C@@H](O)C(O)C1O. The first-order chi connectivity index (χ1) is 35.4. The van der Waals surface area contributed by atoms with Crippen LogP contribution in [0.3, 0.4) is 0 Å². The maximum Gasteiger partial charge on any atom is 0.335 e. The van der Waals surface area contributed by atoms with Crippen molar-refractivity contribution in [3.05, 3.63) is 0 Å². The average molecular weight is 1130 g/mol. The lowest BCUT2D eigenvalue weighted by molar-refractivity contribution is -0.412. The van der Waals surface area contributed by atoms with Gasteiger partial charge in [0, 0.05) is 0 Å². The molecule has 40 heteroatoms. The molecule has 0 spiro atoms. The second-order valence-corrected chi connectivity index (χ2v) is 15.7. The summed E-state index contributed by atoms with van der Waals surface area (Å²) in [6.45, 7) is -1.14. The highest BCUT2D eigenvalue weighted by Gasteiger charge is 2.57. The van der Waals surface area contributed by atoms with E-state index in [1.54, 1.807) is 0 Å². The molecule has 0 aromatic carbocycles. The number of carbonyl (C=O) groups excluding carboxylic acids is 6. The number of carboxylic acid groups (broad SMARTS) is 1. The third-order valence-electron chi connectivity index (χ3n) is 11.1. The Kier molecular flexibility index (Phi) is 25.7. The van der Waals surface area contributed by atoms with Crippen molar-refractivity contribution in [3.63, 3.8) is 0 Å². The predicted octanol–water partition coefficient (Wildman–Crippen LogP) is -15.4. The summed E-state index contributed by atoms with van der Waals surface area (Å²) < 4.78 is 73.0. The second-order valence-electron chi connectivity index (χ2n) is 15.7. The van der Waals surface area contributed by atoms with E-state index in [0.29, 0.717) is 0 Å². The van der Waals surface area contributed by atoms with Crippen LogP contribution in [0.1, 0.15) is 0 Å². The van der Waals surface area contributed by atoms with Gasteiger partial charge in [0.15, 0.2) is 62.0 Å². The summed E-state index contributed by atoms with van der Waals surface area (Å²) in [5.41, 5.74) is 0. The number of ether oxygens (including phenoxy) is 15. The van der Waals surface area contributed by atoms with Gasteiger partial charge in [0.1, 0.15) is 79.4 Å². The molecular weight excluding hydrogens is 1070 g/mol. The predicted molar refractivity (Wildman–Crippen MR) is 209 cm³/mol. The van der Waals surface area contributed by atoms with E-state index in [4.69, 9.17) is 47.7 Å². The van der Waals surface area contributed by atoms with Crippen LogP contribution in [0.15, 0.2) is 0 Å². The van der Waals surface area contributed by atoms with E-state index in [1.165, 1.54) is 0 Å².